The van der Waals surface area contributed by atoms with Crippen molar-refractivity contribution in [2.24, 2.45) is 5.10 Å². The zero-order chi connectivity index (χ0) is 14.5. The van der Waals surface area contributed by atoms with E-state index in [-0.39, 0.29) is 4.59 Å². The molecule has 5 nitrogen and oxygen atoms in total. The number of hydrogen-bond acceptors (Lipinski definition) is 6. The van der Waals surface area contributed by atoms with Crippen LogP contribution in [0.1, 0.15) is 13.8 Å². The molecular formula is C10H18N2O3PS3+. The zero-order valence-corrected chi connectivity index (χ0v) is 14.5. The number of nitrogens with zero attached hydrogens (tertiary/aromatic N) is 2. The molecule has 0 fully saturated rings. The van der Waals surface area contributed by atoms with Gasteiger partial charge in [-0.1, -0.05) is 0 Å². The van der Waals surface area contributed by atoms with Crippen molar-refractivity contribution in [3.05, 3.63) is 12.2 Å². The summed E-state index contributed by atoms with van der Waals surface area (Å²) in [7, 11) is 1.56. The van der Waals surface area contributed by atoms with Gasteiger partial charge in [-0.05, 0) is 54.4 Å². The van der Waals surface area contributed by atoms with Crippen LogP contribution in [0.25, 0.3) is 0 Å². The van der Waals surface area contributed by atoms with E-state index >= 15 is 0 Å². The number of methoxy groups -OCH3 is 1. The SMILES string of the molecule is CCOP(O)(=S)SC[N+]1(CC)N=C(OC)C=CC1=S. The lowest BCUT2D eigenvalue weighted by Crippen LogP contribution is -2.48. The van der Waals surface area contributed by atoms with Crippen LogP contribution in [0.4, 0.5) is 0 Å². The molecule has 0 bridgehead atoms. The van der Waals surface area contributed by atoms with E-state index in [1.165, 1.54) is 11.4 Å². The Labute approximate surface area is 128 Å². The van der Waals surface area contributed by atoms with Crippen molar-refractivity contribution >= 4 is 52.0 Å². The highest BCUT2D eigenvalue weighted by Crippen LogP contribution is 2.56. The normalized spacial score (nSPS) is 25.9. The quantitative estimate of drug-likeness (QED) is 0.455. The zero-order valence-electron chi connectivity index (χ0n) is 11.1. The second-order valence-electron chi connectivity index (χ2n) is 3.70. The molecule has 0 aromatic heterocycles. The molecule has 108 valence electrons. The molecule has 9 heteroatoms. The third kappa shape index (κ3) is 4.60. The van der Waals surface area contributed by atoms with E-state index in [0.717, 1.165) is 0 Å². The van der Waals surface area contributed by atoms with Gasteiger partial charge < -0.3 is 14.2 Å². The summed E-state index contributed by atoms with van der Waals surface area (Å²) >= 11 is 11.6. The van der Waals surface area contributed by atoms with Gasteiger partial charge in [0.2, 0.25) is 10.7 Å². The molecule has 0 spiro atoms. The third-order valence-electron chi connectivity index (χ3n) is 2.53. The number of quaternary nitrogens is 1. The number of ether oxygens (including phenoxy) is 1. The summed E-state index contributed by atoms with van der Waals surface area (Å²) in [5.41, 5.74) is -2.83. The molecule has 0 aromatic carbocycles. The first-order chi connectivity index (χ1) is 8.89. The lowest BCUT2D eigenvalue weighted by atomic mass is 10.4. The van der Waals surface area contributed by atoms with E-state index in [1.54, 1.807) is 26.2 Å². The van der Waals surface area contributed by atoms with Crippen molar-refractivity contribution in [2.75, 3.05) is 26.1 Å². The van der Waals surface area contributed by atoms with Crippen LogP contribution >= 0.6 is 29.3 Å². The van der Waals surface area contributed by atoms with Crippen LogP contribution < -0.4 is 0 Å². The van der Waals surface area contributed by atoms with Crippen LogP contribution in [0.2, 0.25) is 0 Å². The minimum atomic E-state index is -2.83. The molecule has 1 aliphatic heterocycles. The average molecular weight is 341 g/mol. The highest BCUT2D eigenvalue weighted by atomic mass is 32.9. The second-order valence-corrected chi connectivity index (χ2v) is 10.3. The Bertz CT molecular complexity index is 455. The Morgan fingerprint density at radius 3 is 2.68 bits per heavy atom. The molecule has 0 saturated heterocycles. The smallest absolute Gasteiger partial charge is 0.267 e. The predicted octanol–water partition coefficient (Wildman–Crippen LogP) is 2.62. The standard InChI is InChI=1S/C10H17N2O3PS3/c1-4-12(8-19-16(13,18)15-5-2)10(17)7-6-9(11-12)14-3/h6-7H,4-5,8H2,1-3H3/p+1. The Balaban J connectivity index is 2.87. The number of hydrogen-bond donors (Lipinski definition) is 1. The van der Waals surface area contributed by atoms with Crippen LogP contribution in [-0.2, 0) is 21.1 Å². The number of thiocarbonyl (C=S) groups is 1. The first-order valence-corrected chi connectivity index (χ1v) is 10.4. The van der Waals surface area contributed by atoms with E-state index in [0.29, 0.717) is 29.9 Å². The van der Waals surface area contributed by atoms with Gasteiger partial charge >= 0.3 is 0 Å². The van der Waals surface area contributed by atoms with Gasteiger partial charge in [-0.25, -0.2) is 0 Å². The molecule has 19 heavy (non-hydrogen) atoms. The number of likely N-dealkylation sites (N-methyl/N-ethyl adjacent to an activating group) is 1. The Morgan fingerprint density at radius 2 is 2.16 bits per heavy atom. The Hall–Kier alpha value is 0.180. The summed E-state index contributed by atoms with van der Waals surface area (Å²) in [4.78, 5) is 10.6. The average Bonchev–Trinajstić information content (AvgIpc) is 2.38. The van der Waals surface area contributed by atoms with Gasteiger partial charge in [-0.3, -0.25) is 0 Å². The van der Waals surface area contributed by atoms with E-state index < -0.39 is 5.69 Å². The molecule has 0 aromatic rings. The monoisotopic (exact) mass is 341 g/mol. The first kappa shape index (κ1) is 17.2. The van der Waals surface area contributed by atoms with Gasteiger partial charge in [-0.2, -0.15) is 0 Å². The lowest BCUT2D eigenvalue weighted by Gasteiger charge is -2.31. The molecule has 0 amide bonds. The highest BCUT2D eigenvalue weighted by Gasteiger charge is 2.36. The van der Waals surface area contributed by atoms with Crippen LogP contribution in [0.15, 0.2) is 17.3 Å². The molecular weight excluding hydrogens is 323 g/mol. The summed E-state index contributed by atoms with van der Waals surface area (Å²) in [6.45, 7) is 4.83. The van der Waals surface area contributed by atoms with E-state index in [1.807, 2.05) is 6.92 Å². The molecule has 2 atom stereocenters. The van der Waals surface area contributed by atoms with Crippen LogP contribution in [0.3, 0.4) is 0 Å². The fraction of sp³-hybridized carbons (Fsp3) is 0.600. The maximum Gasteiger partial charge on any atom is 0.267 e. The summed E-state index contributed by atoms with van der Waals surface area (Å²) in [5.74, 6) is 0.944. The summed E-state index contributed by atoms with van der Waals surface area (Å²) < 4.78 is 10.5. The highest BCUT2D eigenvalue weighted by molar-refractivity contribution is 8.67. The minimum absolute atomic E-state index is 0.186. The molecule has 1 N–H and O–H groups in total. The van der Waals surface area contributed by atoms with Crippen molar-refractivity contribution < 1.29 is 18.7 Å². The predicted molar refractivity (Wildman–Crippen MR) is 87.6 cm³/mol. The Morgan fingerprint density at radius 1 is 1.47 bits per heavy atom. The van der Waals surface area contributed by atoms with Gasteiger partial charge in [0.05, 0.1) is 13.7 Å². The molecule has 1 rings (SSSR count). The molecule has 0 aliphatic carbocycles. The fourth-order valence-corrected chi connectivity index (χ4v) is 5.23. The van der Waals surface area contributed by atoms with E-state index in [9.17, 15) is 4.89 Å². The van der Waals surface area contributed by atoms with Gasteiger partial charge in [0.1, 0.15) is 6.54 Å². The van der Waals surface area contributed by atoms with E-state index in [4.69, 9.17) is 33.3 Å². The maximum atomic E-state index is 9.98. The van der Waals surface area contributed by atoms with Crippen LogP contribution in [0, 0.1) is 0 Å². The summed E-state index contributed by atoms with van der Waals surface area (Å²) in [6.07, 6.45) is 3.53. The number of rotatable bonds is 6. The van der Waals surface area contributed by atoms with Crippen molar-refractivity contribution in [3.63, 3.8) is 0 Å². The van der Waals surface area contributed by atoms with Crippen molar-refractivity contribution in [3.8, 4) is 0 Å². The summed E-state index contributed by atoms with van der Waals surface area (Å²) in [5, 5.41) is 4.48. The van der Waals surface area contributed by atoms with Crippen molar-refractivity contribution in [2.45, 2.75) is 13.8 Å². The van der Waals surface area contributed by atoms with Gasteiger partial charge in [0.25, 0.3) is 5.90 Å². The second kappa shape index (κ2) is 7.26. The minimum Gasteiger partial charge on any atom is -0.478 e. The molecule has 0 saturated carbocycles. The molecule has 1 aliphatic rings. The molecule has 0 radical (unpaired) electrons. The Kier molecular flexibility index (Phi) is 6.59. The fourth-order valence-electron chi connectivity index (χ4n) is 1.44. The van der Waals surface area contributed by atoms with Gasteiger partial charge in [-0.15, -0.1) is 4.59 Å². The molecule has 2 unspecified atom stereocenters. The first-order valence-electron chi connectivity index (χ1n) is 5.75. The van der Waals surface area contributed by atoms with Crippen LogP contribution in [-0.4, -0.2) is 46.5 Å². The largest absolute Gasteiger partial charge is 0.478 e. The van der Waals surface area contributed by atoms with E-state index in [2.05, 4.69) is 5.10 Å². The maximum absolute atomic E-state index is 9.98. The van der Waals surface area contributed by atoms with Crippen molar-refractivity contribution in [1.82, 2.24) is 0 Å². The molecule has 1 heterocycles. The van der Waals surface area contributed by atoms with Crippen LogP contribution in [0.5, 0.6) is 0 Å². The van der Waals surface area contributed by atoms with Gasteiger partial charge in [0.15, 0.2) is 5.88 Å². The summed E-state index contributed by atoms with van der Waals surface area (Å²) in [6, 6.07) is 0. The topological polar surface area (TPSA) is 51.0 Å². The van der Waals surface area contributed by atoms with Gasteiger partial charge in [0, 0.05) is 12.2 Å². The lowest BCUT2D eigenvalue weighted by molar-refractivity contribution is -0.830. The third-order valence-corrected chi connectivity index (χ3v) is 7.36. The van der Waals surface area contributed by atoms with Crippen molar-refractivity contribution in [1.29, 1.82) is 0 Å².